The van der Waals surface area contributed by atoms with Crippen LogP contribution >= 0.6 is 15.9 Å². The van der Waals surface area contributed by atoms with Crippen molar-refractivity contribution < 1.29 is 10.0 Å². The van der Waals surface area contributed by atoms with E-state index >= 15 is 0 Å². The van der Waals surface area contributed by atoms with Crippen LogP contribution in [-0.2, 0) is 6.54 Å². The molecule has 0 spiro atoms. The van der Waals surface area contributed by atoms with Gasteiger partial charge in [0.2, 0.25) is 0 Å². The molecule has 16 heavy (non-hydrogen) atoms. The van der Waals surface area contributed by atoms with Crippen molar-refractivity contribution in [2.45, 2.75) is 12.6 Å². The summed E-state index contributed by atoms with van der Waals surface area (Å²) >= 11 is 2.93. The molecule has 1 rings (SSSR count). The van der Waals surface area contributed by atoms with E-state index in [4.69, 9.17) is 5.73 Å². The monoisotopic (exact) mass is 291 g/mol. The largest absolute Gasteiger partial charge is 0.390 e. The number of nitrogens with two attached hydrogens (primary N) is 1. The summed E-state index contributed by atoms with van der Waals surface area (Å²) in [5, 5.41) is 19.8. The van der Waals surface area contributed by atoms with Gasteiger partial charge in [-0.3, -0.25) is 14.9 Å². The summed E-state index contributed by atoms with van der Waals surface area (Å²) in [4.78, 5) is 21.5. The number of rotatable bonds is 4. The second kappa shape index (κ2) is 5.19. The van der Waals surface area contributed by atoms with Crippen molar-refractivity contribution in [2.24, 2.45) is 5.73 Å². The van der Waals surface area contributed by atoms with Crippen LogP contribution in [0.3, 0.4) is 0 Å². The molecule has 0 saturated carbocycles. The fourth-order valence-corrected chi connectivity index (χ4v) is 1.58. The molecular weight excluding hydrogens is 282 g/mol. The highest BCUT2D eigenvalue weighted by molar-refractivity contribution is 9.10. The molecule has 88 valence electrons. The Kier molecular flexibility index (Phi) is 4.16. The summed E-state index contributed by atoms with van der Waals surface area (Å²) in [5.41, 5.74) is 4.52. The number of nitro groups is 1. The number of aliphatic hydroxyl groups is 1. The number of hydrogen-bond donors (Lipinski definition) is 2. The summed E-state index contributed by atoms with van der Waals surface area (Å²) in [7, 11) is 0. The van der Waals surface area contributed by atoms with E-state index < -0.39 is 16.6 Å². The average molecular weight is 292 g/mol. The van der Waals surface area contributed by atoms with E-state index in [1.54, 1.807) is 0 Å². The standard InChI is InChI=1S/C8H10BrN3O4/c9-7-1-5(12(15)16)3-11(8(7)14)4-6(13)2-10/h1,3,6,13H,2,4,10H2. The summed E-state index contributed by atoms with van der Waals surface area (Å²) in [6.07, 6.45) is 0.165. The predicted octanol–water partition coefficient (Wildman–Crippen LogP) is -0.161. The fourth-order valence-electron chi connectivity index (χ4n) is 1.12. The quantitative estimate of drug-likeness (QED) is 0.591. The SMILES string of the molecule is NCC(O)Cn1cc([N+](=O)[O-])cc(Br)c1=O. The maximum Gasteiger partial charge on any atom is 0.286 e. The Morgan fingerprint density at radius 2 is 2.31 bits per heavy atom. The molecule has 0 bridgehead atoms. The number of aromatic nitrogens is 1. The smallest absolute Gasteiger partial charge is 0.286 e. The lowest BCUT2D eigenvalue weighted by molar-refractivity contribution is -0.385. The summed E-state index contributed by atoms with van der Waals surface area (Å²) in [6, 6.07) is 1.12. The van der Waals surface area contributed by atoms with Gasteiger partial charge in [-0.25, -0.2) is 0 Å². The van der Waals surface area contributed by atoms with Gasteiger partial charge in [0.15, 0.2) is 0 Å². The zero-order chi connectivity index (χ0) is 12.3. The van der Waals surface area contributed by atoms with Crippen molar-refractivity contribution in [3.8, 4) is 0 Å². The molecule has 7 nitrogen and oxygen atoms in total. The molecule has 3 N–H and O–H groups in total. The molecule has 1 aromatic rings. The number of aliphatic hydroxyl groups excluding tert-OH is 1. The molecule has 1 heterocycles. The number of pyridine rings is 1. The highest BCUT2D eigenvalue weighted by Crippen LogP contribution is 2.14. The van der Waals surface area contributed by atoms with Gasteiger partial charge in [-0.15, -0.1) is 0 Å². The molecule has 0 saturated heterocycles. The number of halogens is 1. The van der Waals surface area contributed by atoms with Gasteiger partial charge in [-0.2, -0.15) is 0 Å². The zero-order valence-electron chi connectivity index (χ0n) is 8.17. The first-order valence-corrected chi connectivity index (χ1v) is 5.17. The second-order valence-electron chi connectivity index (χ2n) is 3.15. The van der Waals surface area contributed by atoms with E-state index in [9.17, 15) is 20.0 Å². The molecule has 0 aromatic carbocycles. The first-order chi connectivity index (χ1) is 7.45. The second-order valence-corrected chi connectivity index (χ2v) is 4.00. The Morgan fingerprint density at radius 1 is 1.69 bits per heavy atom. The summed E-state index contributed by atoms with van der Waals surface area (Å²) < 4.78 is 1.13. The van der Waals surface area contributed by atoms with E-state index in [-0.39, 0.29) is 23.2 Å². The highest BCUT2D eigenvalue weighted by atomic mass is 79.9. The van der Waals surface area contributed by atoms with Gasteiger partial charge >= 0.3 is 0 Å². The minimum absolute atomic E-state index is 0.0211. The number of hydrogen-bond acceptors (Lipinski definition) is 5. The van der Waals surface area contributed by atoms with Crippen LogP contribution in [0.2, 0.25) is 0 Å². The van der Waals surface area contributed by atoms with E-state index in [0.29, 0.717) is 0 Å². The maximum atomic E-state index is 11.5. The molecule has 1 unspecified atom stereocenters. The highest BCUT2D eigenvalue weighted by Gasteiger charge is 2.13. The molecule has 0 aliphatic carbocycles. The lowest BCUT2D eigenvalue weighted by Crippen LogP contribution is -2.31. The zero-order valence-corrected chi connectivity index (χ0v) is 9.75. The van der Waals surface area contributed by atoms with Gasteiger partial charge in [0.05, 0.1) is 28.2 Å². The van der Waals surface area contributed by atoms with Crippen LogP contribution in [0, 0.1) is 10.1 Å². The first kappa shape index (κ1) is 12.8. The van der Waals surface area contributed by atoms with Crippen LogP contribution in [0.15, 0.2) is 21.5 Å². The molecular formula is C8H10BrN3O4. The normalized spacial score (nSPS) is 12.4. The van der Waals surface area contributed by atoms with Crippen molar-refractivity contribution in [1.29, 1.82) is 0 Å². The van der Waals surface area contributed by atoms with Crippen LogP contribution in [0.5, 0.6) is 0 Å². The average Bonchev–Trinajstić information content (AvgIpc) is 2.23. The number of nitrogens with zero attached hydrogens (tertiary/aromatic N) is 2. The van der Waals surface area contributed by atoms with Crippen LogP contribution in [0.4, 0.5) is 5.69 Å². The molecule has 1 aromatic heterocycles. The van der Waals surface area contributed by atoms with Crippen LogP contribution < -0.4 is 11.3 Å². The Balaban J connectivity index is 3.17. The first-order valence-electron chi connectivity index (χ1n) is 4.38. The third-order valence-electron chi connectivity index (χ3n) is 1.92. The molecule has 0 aliphatic rings. The van der Waals surface area contributed by atoms with Crippen molar-refractivity contribution in [1.82, 2.24) is 4.57 Å². The van der Waals surface area contributed by atoms with Crippen LogP contribution in [0.25, 0.3) is 0 Å². The van der Waals surface area contributed by atoms with Gasteiger partial charge < -0.3 is 15.4 Å². The summed E-state index contributed by atoms with van der Waals surface area (Å²) in [6.45, 7) is -0.0949. The van der Waals surface area contributed by atoms with Crippen molar-refractivity contribution in [2.75, 3.05) is 6.54 Å². The Labute approximate surface area is 98.8 Å². The minimum atomic E-state index is -0.911. The topological polar surface area (TPSA) is 111 Å². The van der Waals surface area contributed by atoms with Gasteiger partial charge in [-0.05, 0) is 15.9 Å². The Bertz CT molecular complexity index is 459. The van der Waals surface area contributed by atoms with E-state index in [0.717, 1.165) is 16.8 Å². The third-order valence-corrected chi connectivity index (χ3v) is 2.49. The van der Waals surface area contributed by atoms with Gasteiger partial charge in [0, 0.05) is 12.6 Å². The Morgan fingerprint density at radius 3 is 2.81 bits per heavy atom. The van der Waals surface area contributed by atoms with Gasteiger partial charge in [0.1, 0.15) is 0 Å². The molecule has 0 radical (unpaired) electrons. The lowest BCUT2D eigenvalue weighted by Gasteiger charge is -2.10. The molecule has 0 amide bonds. The van der Waals surface area contributed by atoms with E-state index in [1.807, 2.05) is 0 Å². The lowest BCUT2D eigenvalue weighted by atomic mass is 10.3. The molecule has 8 heteroatoms. The maximum absolute atomic E-state index is 11.5. The Hall–Kier alpha value is -1.25. The minimum Gasteiger partial charge on any atom is -0.390 e. The molecule has 0 aliphatic heterocycles. The summed E-state index contributed by atoms with van der Waals surface area (Å²) in [5.74, 6) is 0. The van der Waals surface area contributed by atoms with Crippen LogP contribution in [0.1, 0.15) is 0 Å². The molecule has 0 fully saturated rings. The van der Waals surface area contributed by atoms with Crippen molar-refractivity contribution in [3.63, 3.8) is 0 Å². The fraction of sp³-hybridized carbons (Fsp3) is 0.375. The van der Waals surface area contributed by atoms with Gasteiger partial charge in [-0.1, -0.05) is 0 Å². The van der Waals surface area contributed by atoms with Crippen molar-refractivity contribution >= 4 is 21.6 Å². The van der Waals surface area contributed by atoms with E-state index in [1.165, 1.54) is 0 Å². The van der Waals surface area contributed by atoms with Crippen molar-refractivity contribution in [3.05, 3.63) is 37.2 Å². The molecule has 1 atom stereocenters. The predicted molar refractivity (Wildman–Crippen MR) is 60.1 cm³/mol. The van der Waals surface area contributed by atoms with Crippen LogP contribution in [-0.4, -0.2) is 27.2 Å². The third kappa shape index (κ3) is 2.87. The van der Waals surface area contributed by atoms with E-state index in [2.05, 4.69) is 15.9 Å². The van der Waals surface area contributed by atoms with Gasteiger partial charge in [0.25, 0.3) is 11.2 Å².